The minimum Gasteiger partial charge on any atom is -0.320 e. The molecule has 0 saturated carbocycles. The number of nitrogens with zero attached hydrogens (tertiary/aromatic N) is 2. The molecule has 3 rings (SSSR count). The smallest absolute Gasteiger partial charge is 0.280 e. The molecule has 0 atom stereocenters. The van der Waals surface area contributed by atoms with Crippen molar-refractivity contribution in [1.29, 1.82) is 0 Å². The molecule has 0 bridgehead atoms. The molecule has 5 heteroatoms. The lowest BCUT2D eigenvalue weighted by Crippen LogP contribution is -2.26. The zero-order valence-electron chi connectivity index (χ0n) is 14.2. The Bertz CT molecular complexity index is 962. The van der Waals surface area contributed by atoms with E-state index in [1.54, 1.807) is 17.7 Å². The van der Waals surface area contributed by atoms with E-state index in [-0.39, 0.29) is 5.69 Å². The molecular formula is C20H19N3O2. The fourth-order valence-corrected chi connectivity index (χ4v) is 2.59. The second-order valence-corrected chi connectivity index (χ2v) is 5.75. The van der Waals surface area contributed by atoms with Gasteiger partial charge in [-0.3, -0.25) is 9.59 Å². The molecule has 0 fully saturated rings. The molecule has 0 aliphatic carbocycles. The lowest BCUT2D eigenvalue weighted by molar-refractivity contribution is 0.101. The number of nitrogens with one attached hydrogen (secondary N) is 1. The number of hydrogen-bond acceptors (Lipinski definition) is 3. The van der Waals surface area contributed by atoms with Crippen molar-refractivity contribution < 1.29 is 4.79 Å². The van der Waals surface area contributed by atoms with E-state index in [0.29, 0.717) is 11.4 Å². The third-order valence-electron chi connectivity index (χ3n) is 3.92. The Morgan fingerprint density at radius 1 is 1.08 bits per heavy atom. The van der Waals surface area contributed by atoms with Gasteiger partial charge in [0.05, 0.1) is 5.69 Å². The molecule has 0 aliphatic heterocycles. The summed E-state index contributed by atoms with van der Waals surface area (Å²) in [6.45, 7) is 3.83. The van der Waals surface area contributed by atoms with Crippen LogP contribution in [0.2, 0.25) is 0 Å². The average Bonchev–Trinajstić information content (AvgIpc) is 2.62. The maximum atomic E-state index is 12.5. The molecule has 25 heavy (non-hydrogen) atoms. The molecule has 126 valence electrons. The normalized spacial score (nSPS) is 10.5. The van der Waals surface area contributed by atoms with Crippen LogP contribution in [0.1, 0.15) is 28.7 Å². The maximum absolute atomic E-state index is 12.5. The number of carbonyl (C=O) groups is 1. The van der Waals surface area contributed by atoms with Crippen LogP contribution in [0.3, 0.4) is 0 Å². The van der Waals surface area contributed by atoms with E-state index in [2.05, 4.69) is 10.4 Å². The molecule has 1 aromatic heterocycles. The van der Waals surface area contributed by atoms with Gasteiger partial charge in [0.2, 0.25) is 5.43 Å². The molecule has 0 unspecified atom stereocenters. The van der Waals surface area contributed by atoms with Crippen molar-refractivity contribution in [3.8, 4) is 5.69 Å². The number of aromatic nitrogens is 2. The molecule has 2 aromatic carbocycles. The van der Waals surface area contributed by atoms with E-state index >= 15 is 0 Å². The predicted molar refractivity (Wildman–Crippen MR) is 98.3 cm³/mol. The predicted octanol–water partition coefficient (Wildman–Crippen LogP) is 3.36. The number of benzene rings is 2. The molecule has 1 heterocycles. The lowest BCUT2D eigenvalue weighted by atomic mass is 10.1. The Labute approximate surface area is 145 Å². The van der Waals surface area contributed by atoms with Crippen molar-refractivity contribution in [3.05, 3.63) is 87.8 Å². The minimum absolute atomic E-state index is 0.128. The second-order valence-electron chi connectivity index (χ2n) is 5.75. The first kappa shape index (κ1) is 16.6. The first-order chi connectivity index (χ1) is 12.1. The van der Waals surface area contributed by atoms with Crippen molar-refractivity contribution >= 4 is 11.6 Å². The standard InChI is InChI=1S/C20H19N3O2/c1-3-15-8-7-9-16(13-15)21-20(25)19-18(24)12-14(2)23(22-19)17-10-5-4-6-11-17/h4-13H,3H2,1-2H3,(H,21,25). The fourth-order valence-electron chi connectivity index (χ4n) is 2.59. The van der Waals surface area contributed by atoms with E-state index in [0.717, 1.165) is 17.7 Å². The minimum atomic E-state index is -0.511. The molecule has 0 radical (unpaired) electrons. The summed E-state index contributed by atoms with van der Waals surface area (Å²) in [6.07, 6.45) is 0.868. The van der Waals surface area contributed by atoms with E-state index in [1.165, 1.54) is 6.07 Å². The van der Waals surface area contributed by atoms with Crippen LogP contribution in [-0.4, -0.2) is 15.7 Å². The Morgan fingerprint density at radius 3 is 2.56 bits per heavy atom. The van der Waals surface area contributed by atoms with Crippen LogP contribution in [0.15, 0.2) is 65.5 Å². The summed E-state index contributed by atoms with van der Waals surface area (Å²) in [5, 5.41) is 7.03. The van der Waals surface area contributed by atoms with Gasteiger partial charge < -0.3 is 5.32 Å². The molecule has 0 saturated heterocycles. The van der Waals surface area contributed by atoms with Crippen LogP contribution in [0, 0.1) is 6.92 Å². The van der Waals surface area contributed by atoms with E-state index < -0.39 is 11.3 Å². The van der Waals surface area contributed by atoms with Crippen LogP contribution in [0.4, 0.5) is 5.69 Å². The van der Waals surface area contributed by atoms with Gasteiger partial charge in [0.15, 0.2) is 5.69 Å². The van der Waals surface area contributed by atoms with Gasteiger partial charge in [0.1, 0.15) is 0 Å². The number of para-hydroxylation sites is 1. The number of anilines is 1. The zero-order chi connectivity index (χ0) is 17.8. The highest BCUT2D eigenvalue weighted by Gasteiger charge is 2.15. The molecular weight excluding hydrogens is 314 g/mol. The van der Waals surface area contributed by atoms with E-state index in [1.807, 2.05) is 55.5 Å². The van der Waals surface area contributed by atoms with E-state index in [4.69, 9.17) is 0 Å². The van der Waals surface area contributed by atoms with Crippen molar-refractivity contribution in [2.75, 3.05) is 5.32 Å². The Balaban J connectivity index is 1.96. The third kappa shape index (κ3) is 3.66. The van der Waals surface area contributed by atoms with Crippen LogP contribution in [-0.2, 0) is 6.42 Å². The molecule has 1 N–H and O–H groups in total. The topological polar surface area (TPSA) is 64.0 Å². The van der Waals surface area contributed by atoms with Crippen molar-refractivity contribution in [3.63, 3.8) is 0 Å². The largest absolute Gasteiger partial charge is 0.320 e. The summed E-state index contributed by atoms with van der Waals surface area (Å²) in [5.41, 5.74) is 2.70. The van der Waals surface area contributed by atoms with Crippen molar-refractivity contribution in [2.45, 2.75) is 20.3 Å². The van der Waals surface area contributed by atoms with Crippen LogP contribution in [0.25, 0.3) is 5.69 Å². The third-order valence-corrected chi connectivity index (χ3v) is 3.92. The highest BCUT2D eigenvalue weighted by atomic mass is 16.2. The van der Waals surface area contributed by atoms with Gasteiger partial charge in [-0.25, -0.2) is 4.68 Å². The SMILES string of the molecule is CCc1cccc(NC(=O)c2nn(-c3ccccc3)c(C)cc2=O)c1. The summed E-state index contributed by atoms with van der Waals surface area (Å²) in [5.74, 6) is -0.511. The molecule has 0 spiro atoms. The second kappa shape index (κ2) is 7.13. The van der Waals surface area contributed by atoms with Crippen LogP contribution >= 0.6 is 0 Å². The van der Waals surface area contributed by atoms with Gasteiger partial charge in [-0.05, 0) is 43.2 Å². The Morgan fingerprint density at radius 2 is 1.84 bits per heavy atom. The van der Waals surface area contributed by atoms with Gasteiger partial charge in [0.25, 0.3) is 5.91 Å². The van der Waals surface area contributed by atoms with Gasteiger partial charge in [-0.15, -0.1) is 0 Å². The summed E-state index contributed by atoms with van der Waals surface area (Å²) in [7, 11) is 0. The van der Waals surface area contributed by atoms with E-state index in [9.17, 15) is 9.59 Å². The highest BCUT2D eigenvalue weighted by molar-refractivity contribution is 6.02. The van der Waals surface area contributed by atoms with Crippen molar-refractivity contribution in [1.82, 2.24) is 9.78 Å². The first-order valence-electron chi connectivity index (χ1n) is 8.15. The summed E-state index contributed by atoms with van der Waals surface area (Å²) in [4.78, 5) is 24.8. The van der Waals surface area contributed by atoms with Crippen LogP contribution < -0.4 is 10.7 Å². The molecule has 3 aromatic rings. The number of carbonyl (C=O) groups excluding carboxylic acids is 1. The Hall–Kier alpha value is -3.21. The number of amides is 1. The maximum Gasteiger partial charge on any atom is 0.280 e. The fraction of sp³-hybridized carbons (Fsp3) is 0.150. The monoisotopic (exact) mass is 333 g/mol. The van der Waals surface area contributed by atoms with Gasteiger partial charge >= 0.3 is 0 Å². The number of hydrogen-bond donors (Lipinski definition) is 1. The summed E-state index contributed by atoms with van der Waals surface area (Å²) >= 11 is 0. The zero-order valence-corrected chi connectivity index (χ0v) is 14.2. The lowest BCUT2D eigenvalue weighted by Gasteiger charge is -2.11. The summed E-state index contributed by atoms with van der Waals surface area (Å²) in [6, 6.07) is 18.4. The summed E-state index contributed by atoms with van der Waals surface area (Å²) < 4.78 is 1.60. The molecule has 0 aliphatic rings. The first-order valence-corrected chi connectivity index (χ1v) is 8.15. The quantitative estimate of drug-likeness (QED) is 0.796. The average molecular weight is 333 g/mol. The van der Waals surface area contributed by atoms with Gasteiger partial charge in [-0.2, -0.15) is 5.10 Å². The Kier molecular flexibility index (Phi) is 4.75. The van der Waals surface area contributed by atoms with Gasteiger partial charge in [-0.1, -0.05) is 37.3 Å². The molecule has 1 amide bonds. The van der Waals surface area contributed by atoms with Crippen molar-refractivity contribution in [2.24, 2.45) is 0 Å². The highest BCUT2D eigenvalue weighted by Crippen LogP contribution is 2.12. The van der Waals surface area contributed by atoms with Crippen LogP contribution in [0.5, 0.6) is 0 Å². The molecule has 5 nitrogen and oxygen atoms in total. The number of rotatable bonds is 4. The number of aryl methyl sites for hydroxylation is 2. The van der Waals surface area contributed by atoms with Gasteiger partial charge in [0, 0.05) is 17.4 Å².